The molecule has 0 amide bonds. The van der Waals surface area contributed by atoms with E-state index in [1.54, 1.807) is 0 Å². The summed E-state index contributed by atoms with van der Waals surface area (Å²) in [5.41, 5.74) is 14.1. The molecule has 0 unspecified atom stereocenters. The lowest BCUT2D eigenvalue weighted by Gasteiger charge is -2.27. The second-order valence-corrected chi connectivity index (χ2v) is 18.8. The van der Waals surface area contributed by atoms with Crippen molar-refractivity contribution in [1.82, 2.24) is 4.57 Å². The predicted octanol–water partition coefficient (Wildman–Crippen LogP) is 18.8. The molecule has 0 radical (unpaired) electrons. The maximum absolute atomic E-state index is 6.72. The number of para-hydroxylation sites is 4. The molecule has 3 aromatic heterocycles. The fourth-order valence-corrected chi connectivity index (χ4v) is 11.7. The number of benzene rings is 11. The van der Waals surface area contributed by atoms with Crippen LogP contribution in [-0.2, 0) is 0 Å². The van der Waals surface area contributed by atoms with Gasteiger partial charge in [-0.15, -0.1) is 11.3 Å². The molecule has 0 saturated heterocycles. The zero-order valence-corrected chi connectivity index (χ0v) is 38.1. The van der Waals surface area contributed by atoms with Gasteiger partial charge in [-0.05, 0) is 108 Å². The van der Waals surface area contributed by atoms with Gasteiger partial charge in [-0.25, -0.2) is 0 Å². The molecule has 0 bridgehead atoms. The molecule has 3 heterocycles. The predicted molar refractivity (Wildman–Crippen MR) is 293 cm³/mol. The average Bonchev–Trinajstić information content (AvgIpc) is 4.09. The van der Waals surface area contributed by atoms with E-state index < -0.39 is 0 Å². The first-order chi connectivity index (χ1) is 34.2. The van der Waals surface area contributed by atoms with E-state index in [2.05, 4.69) is 257 Å². The molecule has 324 valence electrons. The van der Waals surface area contributed by atoms with E-state index in [0.717, 1.165) is 67.3 Å². The van der Waals surface area contributed by atoms with E-state index in [4.69, 9.17) is 4.42 Å². The van der Waals surface area contributed by atoms with Crippen molar-refractivity contribution in [2.45, 2.75) is 0 Å². The molecule has 0 fully saturated rings. The van der Waals surface area contributed by atoms with Crippen molar-refractivity contribution in [2.24, 2.45) is 0 Å². The summed E-state index contributed by atoms with van der Waals surface area (Å²) in [5.74, 6) is 0. The van der Waals surface area contributed by atoms with E-state index >= 15 is 0 Å². The van der Waals surface area contributed by atoms with Crippen LogP contribution in [0.5, 0.6) is 0 Å². The fourth-order valence-electron chi connectivity index (χ4n) is 10.6. The van der Waals surface area contributed by atoms with Crippen molar-refractivity contribution >= 4 is 120 Å². The zero-order valence-electron chi connectivity index (χ0n) is 37.3. The van der Waals surface area contributed by atoms with Gasteiger partial charge in [0, 0.05) is 75.5 Å². The van der Waals surface area contributed by atoms with Crippen LogP contribution in [0.4, 0.5) is 34.1 Å². The number of hydrogen-bond acceptors (Lipinski definition) is 4. The van der Waals surface area contributed by atoms with Gasteiger partial charge in [0.05, 0.1) is 22.4 Å². The Hall–Kier alpha value is -8.90. The molecule has 0 aliphatic heterocycles. The molecule has 0 N–H and O–H groups in total. The Morgan fingerprint density at radius 2 is 0.928 bits per heavy atom. The topological polar surface area (TPSA) is 24.6 Å². The van der Waals surface area contributed by atoms with Crippen LogP contribution in [0.1, 0.15) is 0 Å². The minimum absolute atomic E-state index is 0.866. The van der Waals surface area contributed by atoms with Crippen molar-refractivity contribution in [3.8, 4) is 16.8 Å². The summed E-state index contributed by atoms with van der Waals surface area (Å²) >= 11 is 1.84. The van der Waals surface area contributed by atoms with Crippen LogP contribution in [0.2, 0.25) is 0 Å². The highest BCUT2D eigenvalue weighted by atomic mass is 32.1. The minimum atomic E-state index is 0.866. The first kappa shape index (κ1) is 39.3. The molecule has 14 aromatic rings. The highest BCUT2D eigenvalue weighted by molar-refractivity contribution is 7.25. The lowest BCUT2D eigenvalue weighted by Crippen LogP contribution is -2.10. The number of thiophene rings is 1. The number of nitrogens with zero attached hydrogens (tertiary/aromatic N) is 3. The third kappa shape index (κ3) is 6.43. The number of fused-ring (bicyclic) bond motifs is 10. The second-order valence-electron chi connectivity index (χ2n) is 17.7. The molecule has 11 aromatic carbocycles. The summed E-state index contributed by atoms with van der Waals surface area (Å²) in [6, 6.07) is 89.9. The van der Waals surface area contributed by atoms with Crippen molar-refractivity contribution in [2.75, 3.05) is 9.80 Å². The molecule has 5 heteroatoms. The van der Waals surface area contributed by atoms with E-state index in [0.29, 0.717) is 0 Å². The maximum Gasteiger partial charge on any atom is 0.159 e. The molecule has 0 atom stereocenters. The second kappa shape index (κ2) is 15.9. The summed E-state index contributed by atoms with van der Waals surface area (Å²) in [5, 5.41) is 9.47. The van der Waals surface area contributed by atoms with Gasteiger partial charge in [-0.1, -0.05) is 158 Å². The normalized spacial score (nSPS) is 11.8. The molecule has 14 rings (SSSR count). The number of aromatic nitrogens is 1. The number of furan rings is 1. The van der Waals surface area contributed by atoms with E-state index in [-0.39, 0.29) is 0 Å². The van der Waals surface area contributed by atoms with Crippen molar-refractivity contribution in [1.29, 1.82) is 0 Å². The Morgan fingerprint density at radius 3 is 1.78 bits per heavy atom. The van der Waals surface area contributed by atoms with Crippen LogP contribution in [-0.4, -0.2) is 4.57 Å². The molecule has 4 nitrogen and oxygen atoms in total. The SMILES string of the molecule is c1ccc(-c2ccc(N(c3ccc4c(c3)sc3ccc(N(c5cccc6ccccc56)c5cccc6c5oc5ccccc56)cc34)c3ccc4c5ccccc5n(-c5ccccc5)c4c3)cc2)cc1. The molecular formula is C64H41N3OS. The van der Waals surface area contributed by atoms with E-state index in [9.17, 15) is 0 Å². The average molecular weight is 900 g/mol. The maximum atomic E-state index is 6.72. The van der Waals surface area contributed by atoms with Crippen LogP contribution in [0, 0.1) is 0 Å². The summed E-state index contributed by atoms with van der Waals surface area (Å²) in [6.07, 6.45) is 0. The summed E-state index contributed by atoms with van der Waals surface area (Å²) < 4.78 is 11.6. The van der Waals surface area contributed by atoms with Crippen LogP contribution >= 0.6 is 11.3 Å². The summed E-state index contributed by atoms with van der Waals surface area (Å²) in [7, 11) is 0. The van der Waals surface area contributed by atoms with Crippen LogP contribution in [0.15, 0.2) is 253 Å². The first-order valence-electron chi connectivity index (χ1n) is 23.4. The Labute approximate surface area is 402 Å². The standard InChI is InChI=1S/C64H41N3OS/c1-3-15-42(16-4-1)43-29-31-46(32-30-43)65(48-33-36-52-51-22-9-11-25-58(51)66(60(52)40-48)45-19-5-2-6-20-45)49-34-37-54-56-39-47(35-38-62(56)69-63(54)41-49)67(57-26-13-18-44-17-7-8-21-50(44)57)59-27-14-24-55-53-23-10-12-28-61(53)68-64(55)59/h1-41H. The Morgan fingerprint density at radius 1 is 0.333 bits per heavy atom. The molecule has 0 aliphatic carbocycles. The van der Waals surface area contributed by atoms with Crippen molar-refractivity contribution < 1.29 is 4.42 Å². The minimum Gasteiger partial charge on any atom is -0.454 e. The van der Waals surface area contributed by atoms with Crippen molar-refractivity contribution in [3.63, 3.8) is 0 Å². The largest absolute Gasteiger partial charge is 0.454 e. The summed E-state index contributed by atoms with van der Waals surface area (Å²) in [4.78, 5) is 4.79. The third-order valence-corrected chi connectivity index (χ3v) is 14.9. The molecule has 69 heavy (non-hydrogen) atoms. The molecule has 0 spiro atoms. The summed E-state index contributed by atoms with van der Waals surface area (Å²) in [6.45, 7) is 0. The molecule has 0 saturated carbocycles. The third-order valence-electron chi connectivity index (χ3n) is 13.7. The van der Waals surface area contributed by atoms with Gasteiger partial charge < -0.3 is 18.8 Å². The fraction of sp³-hybridized carbons (Fsp3) is 0. The molecule has 0 aliphatic rings. The zero-order chi connectivity index (χ0) is 45.4. The van der Waals surface area contributed by atoms with Gasteiger partial charge in [0.25, 0.3) is 0 Å². The van der Waals surface area contributed by atoms with Crippen LogP contribution in [0.3, 0.4) is 0 Å². The highest BCUT2D eigenvalue weighted by Gasteiger charge is 2.23. The van der Waals surface area contributed by atoms with Gasteiger partial charge in [0.15, 0.2) is 5.58 Å². The molecular weight excluding hydrogens is 859 g/mol. The Bertz CT molecular complexity index is 4260. The lowest BCUT2D eigenvalue weighted by atomic mass is 10.0. The quantitative estimate of drug-likeness (QED) is 0.152. The lowest BCUT2D eigenvalue weighted by molar-refractivity contribution is 0.669. The van der Waals surface area contributed by atoms with Gasteiger partial charge in [-0.2, -0.15) is 0 Å². The van der Waals surface area contributed by atoms with E-state index in [1.165, 1.54) is 58.4 Å². The highest BCUT2D eigenvalue weighted by Crippen LogP contribution is 2.48. The number of anilines is 6. The van der Waals surface area contributed by atoms with Gasteiger partial charge in [0.1, 0.15) is 5.58 Å². The monoisotopic (exact) mass is 899 g/mol. The van der Waals surface area contributed by atoms with Crippen LogP contribution in [0.25, 0.3) is 91.5 Å². The van der Waals surface area contributed by atoms with Gasteiger partial charge >= 0.3 is 0 Å². The van der Waals surface area contributed by atoms with Crippen molar-refractivity contribution in [3.05, 3.63) is 249 Å². The van der Waals surface area contributed by atoms with Crippen LogP contribution < -0.4 is 9.80 Å². The number of rotatable bonds is 8. The van der Waals surface area contributed by atoms with Gasteiger partial charge in [0.2, 0.25) is 0 Å². The van der Waals surface area contributed by atoms with E-state index in [1.807, 2.05) is 17.4 Å². The smallest absolute Gasteiger partial charge is 0.159 e. The Balaban J connectivity index is 0.944. The Kier molecular flexibility index (Phi) is 9.04. The van der Waals surface area contributed by atoms with Gasteiger partial charge in [-0.3, -0.25) is 0 Å². The number of hydrogen-bond donors (Lipinski definition) is 0. The first-order valence-corrected chi connectivity index (χ1v) is 24.2.